The first-order valence-electron chi connectivity index (χ1n) is 27.7. The fourth-order valence-corrected chi connectivity index (χ4v) is 11.5. The van der Waals surface area contributed by atoms with E-state index >= 15 is 0 Å². The van der Waals surface area contributed by atoms with Gasteiger partial charge in [0, 0.05) is 65.6 Å². The lowest BCUT2D eigenvalue weighted by molar-refractivity contribution is -0.149. The van der Waals surface area contributed by atoms with Crippen molar-refractivity contribution in [2.75, 3.05) is 34.0 Å². The summed E-state index contributed by atoms with van der Waals surface area (Å²) >= 11 is 0. The standard InChI is InChI=1S/C60H74N6O8.C2H6.CH2O2/c1-13-19-38-35(4)45-28-48-37(14-2)34(3)46(62-48)29-51-44-24-22-42(55(68)71-11)54(56(69)72-12)60(44,10)52(65-51)31-47-36(5)39(50(64-47)30-49(38)63-45)23-25-53(67)66-58(6,7)26-27-74-59(8,9)33-61-57(70)73-32-43-40-20-17-15-16-18-21-41(40)43;1-2;2-1-3/h14,22,24,28-31,40-41,43,54,62,64H,2,13,17-21,23,25-27,32-33H2,1,3-12H3,(H,61,70)(H,66,67);1-2H3;1H,(H,2,3). The van der Waals surface area contributed by atoms with E-state index < -0.39 is 40.5 Å². The number of H-pyrrole nitrogens is 2. The van der Waals surface area contributed by atoms with E-state index in [1.54, 1.807) is 6.08 Å². The summed E-state index contributed by atoms with van der Waals surface area (Å²) in [5.41, 5.74) is 10.5. The third-order valence-electron chi connectivity index (χ3n) is 16.0. The number of fused-ring (bicyclic) bond motifs is 12. The molecule has 0 saturated heterocycles. The highest BCUT2D eigenvalue weighted by atomic mass is 16.6. The molecule has 8 rings (SSSR count). The predicted octanol–water partition coefficient (Wildman–Crippen LogP) is 11.5. The van der Waals surface area contributed by atoms with Gasteiger partial charge in [-0.3, -0.25) is 19.4 Å². The smallest absolute Gasteiger partial charge is 0.407 e. The van der Waals surface area contributed by atoms with E-state index in [9.17, 15) is 19.2 Å². The van der Waals surface area contributed by atoms with Crippen LogP contribution < -0.4 is 10.6 Å². The van der Waals surface area contributed by atoms with Crippen LogP contribution in [0.2, 0.25) is 0 Å². The monoisotopic (exact) mass is 1080 g/mol. The summed E-state index contributed by atoms with van der Waals surface area (Å²) in [6.45, 7) is 27.1. The van der Waals surface area contributed by atoms with E-state index in [2.05, 4.69) is 65.0 Å². The number of nitrogens with one attached hydrogen (secondary N) is 4. The summed E-state index contributed by atoms with van der Waals surface area (Å²) in [5.74, 6) is 5.66. The predicted molar refractivity (Wildman–Crippen MR) is 310 cm³/mol. The zero-order valence-corrected chi connectivity index (χ0v) is 48.6. The second kappa shape index (κ2) is 26.1. The normalized spacial score (nSPS) is 20.0. The zero-order chi connectivity index (χ0) is 58.0. The first kappa shape index (κ1) is 61.0. The average molecular weight is 1080 g/mol. The summed E-state index contributed by atoms with van der Waals surface area (Å²) in [7, 11) is 2.61. The highest BCUT2D eigenvalue weighted by Crippen LogP contribution is 2.53. The van der Waals surface area contributed by atoms with Gasteiger partial charge in [-0.15, -0.1) is 11.8 Å². The minimum Gasteiger partial charge on any atom is -0.483 e. The van der Waals surface area contributed by atoms with E-state index in [0.717, 1.165) is 111 Å². The lowest BCUT2D eigenvalue weighted by atomic mass is 9.64. The molecule has 0 aromatic carbocycles. The van der Waals surface area contributed by atoms with Gasteiger partial charge in [0.05, 0.1) is 60.2 Å². The maximum absolute atomic E-state index is 14.0. The Balaban J connectivity index is 0.00000195. The molecule has 4 unspecified atom stereocenters. The number of aromatic amines is 2. The third-order valence-corrected chi connectivity index (χ3v) is 16.0. The molecule has 0 spiro atoms. The summed E-state index contributed by atoms with van der Waals surface area (Å²) < 4.78 is 22.5. The number of carbonyl (C=O) groups excluding carboxylic acids is 4. The van der Waals surface area contributed by atoms with Crippen LogP contribution in [-0.2, 0) is 50.0 Å². The van der Waals surface area contributed by atoms with Crippen molar-refractivity contribution in [3.63, 3.8) is 0 Å². The van der Waals surface area contributed by atoms with Crippen LogP contribution in [0.1, 0.15) is 159 Å². The topological polar surface area (TPSA) is 224 Å². The van der Waals surface area contributed by atoms with Crippen molar-refractivity contribution in [2.45, 2.75) is 151 Å². The number of carboxylic acid groups (broad SMARTS) is 1. The van der Waals surface area contributed by atoms with Gasteiger partial charge in [-0.1, -0.05) is 52.0 Å². The summed E-state index contributed by atoms with van der Waals surface area (Å²) in [6.07, 6.45) is 11.7. The first-order valence-corrected chi connectivity index (χ1v) is 27.7. The molecule has 424 valence electrons. The molecule has 5 N–H and O–H groups in total. The molecule has 1 fully saturated rings. The first-order chi connectivity index (χ1) is 37.6. The van der Waals surface area contributed by atoms with Crippen molar-refractivity contribution in [1.29, 1.82) is 0 Å². The van der Waals surface area contributed by atoms with Gasteiger partial charge in [-0.05, 0) is 163 Å². The van der Waals surface area contributed by atoms with E-state index in [1.165, 1.54) is 14.2 Å². The number of hydrogen-bond acceptors (Lipinski definition) is 11. The molecular weight excluding hydrogens is 1000 g/mol. The number of nitrogens with zero attached hydrogens (tertiary/aromatic N) is 2. The van der Waals surface area contributed by atoms with Crippen molar-refractivity contribution >= 4 is 75.3 Å². The Hall–Kier alpha value is -7.25. The van der Waals surface area contributed by atoms with Crippen molar-refractivity contribution < 1.29 is 48.0 Å². The molecule has 16 nitrogen and oxygen atoms in total. The number of amides is 2. The van der Waals surface area contributed by atoms with E-state index in [1.807, 2.05) is 86.6 Å². The number of carbonyl (C=O) groups is 5. The van der Waals surface area contributed by atoms with Gasteiger partial charge in [-0.25, -0.2) is 14.6 Å². The molecule has 16 heteroatoms. The Morgan fingerprint density at radius 3 is 2.14 bits per heavy atom. The van der Waals surface area contributed by atoms with Crippen molar-refractivity contribution in [3.05, 3.63) is 93.6 Å². The zero-order valence-electron chi connectivity index (χ0n) is 48.6. The molecule has 1 saturated carbocycles. The minimum absolute atomic E-state index is 0.116. The van der Waals surface area contributed by atoms with Crippen LogP contribution in [0.25, 0.3) is 44.9 Å². The Morgan fingerprint density at radius 2 is 1.51 bits per heavy atom. The fraction of sp³-hybridized carbons (Fsp3) is 0.508. The second-order valence-electron chi connectivity index (χ2n) is 22.1. The molecule has 79 heavy (non-hydrogen) atoms. The highest BCUT2D eigenvalue weighted by molar-refractivity contribution is 6.02. The van der Waals surface area contributed by atoms with Crippen LogP contribution in [0, 0.1) is 49.4 Å². The third kappa shape index (κ3) is 13.6. The Morgan fingerprint density at radius 1 is 0.873 bits per heavy atom. The molecule has 3 aromatic rings. The summed E-state index contributed by atoms with van der Waals surface area (Å²) in [5, 5.41) is 13.0. The number of hydrogen-bond donors (Lipinski definition) is 5. The van der Waals surface area contributed by atoms with Gasteiger partial charge in [-0.2, -0.15) is 0 Å². The lowest BCUT2D eigenvalue weighted by Gasteiger charge is -2.36. The molecule has 5 heterocycles. The number of rotatable bonds is 17. The molecule has 0 radical (unpaired) electrons. The largest absolute Gasteiger partial charge is 0.483 e. The minimum atomic E-state index is -1.16. The van der Waals surface area contributed by atoms with Crippen LogP contribution in [0.3, 0.4) is 0 Å². The fourth-order valence-electron chi connectivity index (χ4n) is 11.5. The second-order valence-corrected chi connectivity index (χ2v) is 22.1. The number of alkyl carbamates (subject to hydrolysis) is 1. The average Bonchev–Trinajstić information content (AvgIpc) is 3.68. The number of aryl methyl sites for hydroxylation is 3. The maximum atomic E-state index is 14.0. The van der Waals surface area contributed by atoms with Gasteiger partial charge in [0.1, 0.15) is 5.92 Å². The van der Waals surface area contributed by atoms with E-state index in [-0.39, 0.29) is 30.9 Å². The summed E-state index contributed by atoms with van der Waals surface area (Å²) in [6, 6.07) is 8.08. The molecular formula is C63H82N6O10. The molecule has 8 bridgehead atoms. The number of ether oxygens (including phenoxy) is 4. The van der Waals surface area contributed by atoms with Gasteiger partial charge >= 0.3 is 18.0 Å². The van der Waals surface area contributed by atoms with Crippen LogP contribution >= 0.6 is 0 Å². The van der Waals surface area contributed by atoms with E-state index in [4.69, 9.17) is 38.8 Å². The quantitative estimate of drug-likeness (QED) is 0.0368. The van der Waals surface area contributed by atoms with Crippen molar-refractivity contribution in [1.82, 2.24) is 30.6 Å². The Kier molecular flexibility index (Phi) is 20.2. The van der Waals surface area contributed by atoms with Crippen molar-refractivity contribution in [3.8, 4) is 11.8 Å². The van der Waals surface area contributed by atoms with Crippen LogP contribution in [0.15, 0.2) is 48.6 Å². The maximum Gasteiger partial charge on any atom is 0.407 e. The Labute approximate surface area is 465 Å². The molecule has 5 aliphatic rings. The number of aromatic nitrogens is 4. The van der Waals surface area contributed by atoms with Gasteiger partial charge in [0.2, 0.25) is 5.91 Å². The Bertz CT molecular complexity index is 3140. The van der Waals surface area contributed by atoms with Gasteiger partial charge < -0.3 is 44.7 Å². The molecule has 4 atom stereocenters. The number of methoxy groups -OCH3 is 2. The SMILES string of the molecule is C=Cc1c(C)c2cc3nc(cc4[nH]c(cc5nc(cc1[nH]2)C(C)=C5CCC)c(CCC(=O)NC(C)(C)CCOC(C)(C)CNC(=O)OCC1C2CCC#CCCC21)c4C)C1(C)C3=CC=C(C(=O)OC)C1C(=O)OC.CC.O=CO. The van der Waals surface area contributed by atoms with Gasteiger partial charge in [0.15, 0.2) is 0 Å². The molecule has 2 aliphatic heterocycles. The number of allylic oxidation sites excluding steroid dienone is 5. The molecule has 3 aromatic heterocycles. The van der Waals surface area contributed by atoms with Gasteiger partial charge in [0.25, 0.3) is 6.47 Å². The summed E-state index contributed by atoms with van der Waals surface area (Å²) in [4.78, 5) is 80.2. The van der Waals surface area contributed by atoms with Crippen LogP contribution in [0.4, 0.5) is 4.79 Å². The van der Waals surface area contributed by atoms with Crippen molar-refractivity contribution in [2.24, 2.45) is 23.7 Å². The highest BCUT2D eigenvalue weighted by Gasteiger charge is 2.54. The molecule has 3 aliphatic carbocycles. The number of esters is 2. The van der Waals surface area contributed by atoms with Crippen LogP contribution in [0.5, 0.6) is 0 Å². The lowest BCUT2D eigenvalue weighted by Crippen LogP contribution is -2.46. The van der Waals surface area contributed by atoms with Crippen LogP contribution in [-0.4, -0.2) is 101 Å². The molecule has 2 amide bonds. The van der Waals surface area contributed by atoms with E-state index in [0.29, 0.717) is 55.2 Å².